The number of thiazole rings is 1. The lowest BCUT2D eigenvalue weighted by atomic mass is 10.1. The molecule has 0 fully saturated rings. The molecule has 0 spiro atoms. The molecule has 3 aromatic carbocycles. The second kappa shape index (κ2) is 7.74. The first kappa shape index (κ1) is 18.1. The van der Waals surface area contributed by atoms with E-state index < -0.39 is 5.82 Å². The fourth-order valence-electron chi connectivity index (χ4n) is 2.91. The van der Waals surface area contributed by atoms with Gasteiger partial charge in [-0.3, -0.25) is 4.79 Å². The highest BCUT2D eigenvalue weighted by atomic mass is 32.1. The highest BCUT2D eigenvalue weighted by Crippen LogP contribution is 2.33. The summed E-state index contributed by atoms with van der Waals surface area (Å²) >= 11 is 1.66. The quantitative estimate of drug-likeness (QED) is 0.454. The van der Waals surface area contributed by atoms with Gasteiger partial charge >= 0.3 is 0 Å². The molecule has 0 saturated heterocycles. The van der Waals surface area contributed by atoms with Gasteiger partial charge in [0.1, 0.15) is 10.8 Å². The molecule has 1 amide bonds. The van der Waals surface area contributed by atoms with Crippen LogP contribution < -0.4 is 5.32 Å². The van der Waals surface area contributed by atoms with Crippen LogP contribution >= 0.6 is 11.3 Å². The number of amides is 1. The first-order valence-electron chi connectivity index (χ1n) is 8.80. The number of aryl methyl sites for hydroxylation is 1. The average molecular weight is 388 g/mol. The highest BCUT2D eigenvalue weighted by molar-refractivity contribution is 7.15. The summed E-state index contributed by atoms with van der Waals surface area (Å²) in [5.41, 5.74) is 3.95. The van der Waals surface area contributed by atoms with E-state index in [9.17, 15) is 9.18 Å². The van der Waals surface area contributed by atoms with Crippen molar-refractivity contribution in [3.63, 3.8) is 0 Å². The molecule has 0 saturated carbocycles. The van der Waals surface area contributed by atoms with E-state index >= 15 is 0 Å². The second-order valence-corrected chi connectivity index (χ2v) is 7.53. The minimum Gasteiger partial charge on any atom is -0.322 e. The molecule has 0 bridgehead atoms. The van der Waals surface area contributed by atoms with Gasteiger partial charge in [0.05, 0.1) is 5.69 Å². The van der Waals surface area contributed by atoms with E-state index in [1.807, 2.05) is 54.6 Å². The zero-order valence-corrected chi connectivity index (χ0v) is 16.0. The lowest BCUT2D eigenvalue weighted by Gasteiger charge is -2.06. The van der Waals surface area contributed by atoms with Crippen LogP contribution in [0.3, 0.4) is 0 Å². The molecule has 4 rings (SSSR count). The van der Waals surface area contributed by atoms with Gasteiger partial charge in [-0.1, -0.05) is 48.5 Å². The first-order chi connectivity index (χ1) is 13.6. The summed E-state index contributed by atoms with van der Waals surface area (Å²) in [6, 6.07) is 23.2. The van der Waals surface area contributed by atoms with Crippen LogP contribution in [-0.4, -0.2) is 10.9 Å². The van der Waals surface area contributed by atoms with Crippen LogP contribution in [0.25, 0.3) is 21.8 Å². The number of carbonyl (C=O) groups excluding carboxylic acids is 1. The Balaban J connectivity index is 1.54. The lowest BCUT2D eigenvalue weighted by Crippen LogP contribution is -2.11. The van der Waals surface area contributed by atoms with Crippen molar-refractivity contribution in [3.05, 3.63) is 95.1 Å². The van der Waals surface area contributed by atoms with Crippen LogP contribution in [0.5, 0.6) is 0 Å². The largest absolute Gasteiger partial charge is 0.322 e. The number of rotatable bonds is 4. The molecular weight excluding hydrogens is 371 g/mol. The zero-order valence-electron chi connectivity index (χ0n) is 15.1. The molecule has 4 aromatic rings. The number of nitrogens with one attached hydrogen (secondary N) is 1. The van der Waals surface area contributed by atoms with Gasteiger partial charge in [-0.05, 0) is 37.3 Å². The molecule has 3 nitrogen and oxygen atoms in total. The summed E-state index contributed by atoms with van der Waals surface area (Å²) in [4.78, 5) is 18.2. The Hall–Kier alpha value is -3.31. The van der Waals surface area contributed by atoms with Crippen LogP contribution in [-0.2, 0) is 0 Å². The molecule has 1 aromatic heterocycles. The Kier molecular flexibility index (Phi) is 5.00. The summed E-state index contributed by atoms with van der Waals surface area (Å²) in [5.74, 6) is -0.778. The van der Waals surface area contributed by atoms with E-state index in [0.717, 1.165) is 26.7 Å². The maximum absolute atomic E-state index is 13.3. The molecule has 0 aliphatic carbocycles. The Morgan fingerprint density at radius 2 is 1.68 bits per heavy atom. The summed E-state index contributed by atoms with van der Waals surface area (Å²) < 4.78 is 13.3. The number of hydrogen-bond donors (Lipinski definition) is 1. The van der Waals surface area contributed by atoms with E-state index in [-0.39, 0.29) is 11.5 Å². The van der Waals surface area contributed by atoms with Crippen LogP contribution in [0.1, 0.15) is 15.2 Å². The SMILES string of the molecule is Cc1sc(-c2ccccc2)nc1-c1ccc(NC(=O)c2cccc(F)c2)cc1. The highest BCUT2D eigenvalue weighted by Gasteiger charge is 2.12. The van der Waals surface area contributed by atoms with Crippen molar-refractivity contribution in [1.82, 2.24) is 4.98 Å². The fraction of sp³-hybridized carbons (Fsp3) is 0.0435. The van der Waals surface area contributed by atoms with Crippen molar-refractivity contribution in [2.75, 3.05) is 5.32 Å². The van der Waals surface area contributed by atoms with Gasteiger partial charge in [-0.2, -0.15) is 0 Å². The van der Waals surface area contributed by atoms with Crippen LogP contribution in [0.2, 0.25) is 0 Å². The van der Waals surface area contributed by atoms with E-state index in [4.69, 9.17) is 4.98 Å². The third-order valence-corrected chi connectivity index (χ3v) is 5.34. The molecule has 1 heterocycles. The van der Waals surface area contributed by atoms with Gasteiger partial charge in [0.15, 0.2) is 0 Å². The zero-order chi connectivity index (χ0) is 19.5. The van der Waals surface area contributed by atoms with Gasteiger partial charge in [-0.15, -0.1) is 11.3 Å². The Labute approximate surface area is 166 Å². The Morgan fingerprint density at radius 3 is 2.39 bits per heavy atom. The van der Waals surface area contributed by atoms with E-state index in [1.54, 1.807) is 17.4 Å². The maximum atomic E-state index is 13.3. The third kappa shape index (κ3) is 3.85. The van der Waals surface area contributed by atoms with Crippen molar-refractivity contribution < 1.29 is 9.18 Å². The smallest absolute Gasteiger partial charge is 0.255 e. The van der Waals surface area contributed by atoms with Crippen molar-refractivity contribution in [2.24, 2.45) is 0 Å². The molecule has 28 heavy (non-hydrogen) atoms. The van der Waals surface area contributed by atoms with Gasteiger partial charge in [-0.25, -0.2) is 9.37 Å². The van der Waals surface area contributed by atoms with Gasteiger partial charge in [0.2, 0.25) is 0 Å². The number of carbonyl (C=O) groups is 1. The van der Waals surface area contributed by atoms with Crippen molar-refractivity contribution in [1.29, 1.82) is 0 Å². The predicted molar refractivity (Wildman–Crippen MR) is 112 cm³/mol. The Morgan fingerprint density at radius 1 is 0.929 bits per heavy atom. The molecular formula is C23H17FN2OS. The third-order valence-electron chi connectivity index (χ3n) is 4.32. The van der Waals surface area contributed by atoms with Gasteiger partial charge in [0, 0.05) is 27.3 Å². The number of benzene rings is 3. The summed E-state index contributed by atoms with van der Waals surface area (Å²) in [6.07, 6.45) is 0. The van der Waals surface area contributed by atoms with Gasteiger partial charge < -0.3 is 5.32 Å². The monoisotopic (exact) mass is 388 g/mol. The number of anilines is 1. The van der Waals surface area contributed by atoms with E-state index in [1.165, 1.54) is 18.2 Å². The normalized spacial score (nSPS) is 10.6. The summed E-state index contributed by atoms with van der Waals surface area (Å²) in [6.45, 7) is 2.05. The summed E-state index contributed by atoms with van der Waals surface area (Å²) in [7, 11) is 0. The lowest BCUT2D eigenvalue weighted by molar-refractivity contribution is 0.102. The number of nitrogens with zero attached hydrogens (tertiary/aromatic N) is 1. The van der Waals surface area contributed by atoms with Gasteiger partial charge in [0.25, 0.3) is 5.91 Å². The molecule has 0 radical (unpaired) electrons. The average Bonchev–Trinajstić information content (AvgIpc) is 3.11. The first-order valence-corrected chi connectivity index (χ1v) is 9.62. The standard InChI is InChI=1S/C23H17FN2OS/c1-15-21(26-23(28-15)17-6-3-2-4-7-17)16-10-12-20(13-11-16)25-22(27)18-8-5-9-19(24)14-18/h2-14H,1H3,(H,25,27). The van der Waals surface area contributed by atoms with Crippen molar-refractivity contribution in [3.8, 4) is 21.8 Å². The molecule has 138 valence electrons. The van der Waals surface area contributed by atoms with Crippen molar-refractivity contribution >= 4 is 22.9 Å². The molecule has 0 aliphatic rings. The molecule has 0 aliphatic heterocycles. The second-order valence-electron chi connectivity index (χ2n) is 6.33. The van der Waals surface area contributed by atoms with E-state index in [2.05, 4.69) is 12.2 Å². The van der Waals surface area contributed by atoms with Crippen LogP contribution in [0, 0.1) is 12.7 Å². The van der Waals surface area contributed by atoms with E-state index in [0.29, 0.717) is 5.69 Å². The molecule has 0 atom stereocenters. The minimum atomic E-state index is -0.434. The van der Waals surface area contributed by atoms with Crippen LogP contribution in [0.15, 0.2) is 78.9 Å². The topological polar surface area (TPSA) is 42.0 Å². The maximum Gasteiger partial charge on any atom is 0.255 e. The predicted octanol–water partition coefficient (Wildman–Crippen LogP) is 6.18. The number of aromatic nitrogens is 1. The Bertz CT molecular complexity index is 1120. The van der Waals surface area contributed by atoms with Crippen molar-refractivity contribution in [2.45, 2.75) is 6.92 Å². The molecule has 1 N–H and O–H groups in total. The summed E-state index contributed by atoms with van der Waals surface area (Å²) in [5, 5.41) is 3.77. The van der Waals surface area contributed by atoms with Crippen LogP contribution in [0.4, 0.5) is 10.1 Å². The molecule has 0 unspecified atom stereocenters. The number of halogens is 1. The number of hydrogen-bond acceptors (Lipinski definition) is 3. The molecule has 5 heteroatoms. The fourth-order valence-corrected chi connectivity index (χ4v) is 3.85. The minimum absolute atomic E-state index is 0.284.